The highest BCUT2D eigenvalue weighted by Gasteiger charge is 2.28. The van der Waals surface area contributed by atoms with Crippen LogP contribution >= 0.6 is 0 Å². The lowest BCUT2D eigenvalue weighted by Gasteiger charge is -2.22. The lowest BCUT2D eigenvalue weighted by atomic mass is 10.0. The summed E-state index contributed by atoms with van der Waals surface area (Å²) in [4.78, 5) is 52.4. The molecule has 3 rings (SSSR count). The first kappa shape index (κ1) is 26.4. The van der Waals surface area contributed by atoms with E-state index in [9.17, 15) is 24.3 Å². The SMILES string of the molecule is NC(CO)C(=O)NCC(=O)NC(Cc1ccccc1)C(=O)NC(Cc1c[nH]c2ccccc12)C(=O)O. The second-order valence-electron chi connectivity index (χ2n) is 8.28. The normalized spacial score (nSPS) is 13.4. The standard InChI is InChI=1S/C25H29N5O6/c26-18(14-31)23(33)28-13-22(32)29-20(10-15-6-2-1-3-7-15)24(34)30-21(25(35)36)11-16-12-27-19-9-5-4-8-17(16)19/h1-9,12,18,20-21,27,31H,10-11,13-14,26H2,(H,28,33)(H,29,32)(H,30,34)(H,35,36). The summed E-state index contributed by atoms with van der Waals surface area (Å²) in [6, 6.07) is 12.8. The molecule has 2 aromatic carbocycles. The highest BCUT2D eigenvalue weighted by Crippen LogP contribution is 2.19. The molecule has 0 aliphatic heterocycles. The van der Waals surface area contributed by atoms with Crippen molar-refractivity contribution >= 4 is 34.6 Å². The van der Waals surface area contributed by atoms with E-state index in [-0.39, 0.29) is 12.8 Å². The third-order valence-corrected chi connectivity index (χ3v) is 5.60. The van der Waals surface area contributed by atoms with Crippen LogP contribution in [0.15, 0.2) is 60.8 Å². The van der Waals surface area contributed by atoms with Gasteiger partial charge < -0.3 is 36.9 Å². The van der Waals surface area contributed by atoms with Gasteiger partial charge in [0, 0.05) is 29.9 Å². The number of rotatable bonds is 12. The zero-order chi connectivity index (χ0) is 26.1. The Bertz CT molecular complexity index is 1210. The van der Waals surface area contributed by atoms with E-state index in [1.54, 1.807) is 36.5 Å². The second kappa shape index (κ2) is 12.5. The van der Waals surface area contributed by atoms with Crippen LogP contribution in [0.2, 0.25) is 0 Å². The molecule has 0 saturated carbocycles. The fraction of sp³-hybridized carbons (Fsp3) is 0.280. The monoisotopic (exact) mass is 495 g/mol. The number of aliphatic hydroxyl groups excluding tert-OH is 1. The average Bonchev–Trinajstić information content (AvgIpc) is 3.29. The molecule has 11 heteroatoms. The van der Waals surface area contributed by atoms with E-state index in [0.717, 1.165) is 22.0 Å². The highest BCUT2D eigenvalue weighted by molar-refractivity contribution is 5.93. The zero-order valence-electron chi connectivity index (χ0n) is 19.4. The molecule has 3 amide bonds. The van der Waals surface area contributed by atoms with Gasteiger partial charge in [0.15, 0.2) is 0 Å². The minimum absolute atomic E-state index is 0.0339. The molecule has 0 radical (unpaired) electrons. The Balaban J connectivity index is 1.72. The highest BCUT2D eigenvalue weighted by atomic mass is 16.4. The van der Waals surface area contributed by atoms with E-state index in [1.165, 1.54) is 0 Å². The number of hydrogen-bond donors (Lipinski definition) is 7. The number of H-pyrrole nitrogens is 1. The van der Waals surface area contributed by atoms with Crippen molar-refractivity contribution in [1.82, 2.24) is 20.9 Å². The van der Waals surface area contributed by atoms with E-state index in [0.29, 0.717) is 0 Å². The van der Waals surface area contributed by atoms with Crippen molar-refractivity contribution in [2.75, 3.05) is 13.2 Å². The lowest BCUT2D eigenvalue weighted by molar-refractivity contribution is -0.142. The van der Waals surface area contributed by atoms with Crippen molar-refractivity contribution in [3.8, 4) is 0 Å². The molecule has 1 aromatic heterocycles. The van der Waals surface area contributed by atoms with Crippen molar-refractivity contribution in [2.24, 2.45) is 5.73 Å². The minimum Gasteiger partial charge on any atom is -0.480 e. The lowest BCUT2D eigenvalue weighted by Crippen LogP contribution is -2.55. The Kier molecular flexibility index (Phi) is 9.14. The molecule has 3 unspecified atom stereocenters. The molecule has 0 bridgehead atoms. The number of fused-ring (bicyclic) bond motifs is 1. The second-order valence-corrected chi connectivity index (χ2v) is 8.28. The number of nitrogens with two attached hydrogens (primary N) is 1. The summed E-state index contributed by atoms with van der Waals surface area (Å²) in [6.07, 6.45) is 1.84. The summed E-state index contributed by atoms with van der Waals surface area (Å²) >= 11 is 0. The van der Waals surface area contributed by atoms with Gasteiger partial charge in [-0.1, -0.05) is 48.5 Å². The zero-order valence-corrected chi connectivity index (χ0v) is 19.4. The van der Waals surface area contributed by atoms with Gasteiger partial charge in [-0.15, -0.1) is 0 Å². The molecule has 11 nitrogen and oxygen atoms in total. The summed E-state index contributed by atoms with van der Waals surface area (Å²) in [5, 5.41) is 26.9. The molecule has 0 spiro atoms. The predicted molar refractivity (Wildman–Crippen MR) is 132 cm³/mol. The molecule has 1 heterocycles. The van der Waals surface area contributed by atoms with Crippen LogP contribution in [0.25, 0.3) is 10.9 Å². The molecule has 36 heavy (non-hydrogen) atoms. The van der Waals surface area contributed by atoms with Crippen molar-refractivity contribution in [1.29, 1.82) is 0 Å². The van der Waals surface area contributed by atoms with Crippen LogP contribution in [0.5, 0.6) is 0 Å². The first-order chi connectivity index (χ1) is 17.3. The number of nitrogens with one attached hydrogen (secondary N) is 4. The fourth-order valence-corrected chi connectivity index (χ4v) is 3.68. The van der Waals surface area contributed by atoms with Gasteiger partial charge in [0.05, 0.1) is 13.2 Å². The van der Waals surface area contributed by atoms with Gasteiger partial charge in [-0.2, -0.15) is 0 Å². The summed E-state index contributed by atoms with van der Waals surface area (Å²) in [5.74, 6) is -3.30. The Hall–Kier alpha value is -4.22. The average molecular weight is 496 g/mol. The Labute approximate surface area is 207 Å². The smallest absolute Gasteiger partial charge is 0.326 e. The van der Waals surface area contributed by atoms with Crippen molar-refractivity contribution < 1.29 is 29.4 Å². The van der Waals surface area contributed by atoms with Crippen LogP contribution in [-0.2, 0) is 32.0 Å². The van der Waals surface area contributed by atoms with Gasteiger partial charge in [-0.25, -0.2) is 4.79 Å². The molecule has 3 aromatic rings. The molecule has 3 atom stereocenters. The summed E-state index contributed by atoms with van der Waals surface area (Å²) in [6.45, 7) is -1.05. The number of carboxylic acids is 1. The maximum absolute atomic E-state index is 13.1. The molecule has 0 saturated heterocycles. The number of carboxylic acid groups (broad SMARTS) is 1. The van der Waals surface area contributed by atoms with Gasteiger partial charge in [-0.3, -0.25) is 14.4 Å². The predicted octanol–water partition coefficient (Wildman–Crippen LogP) is -0.557. The van der Waals surface area contributed by atoms with E-state index in [4.69, 9.17) is 10.8 Å². The van der Waals surface area contributed by atoms with E-state index in [1.807, 2.05) is 24.3 Å². The summed E-state index contributed by atoms with van der Waals surface area (Å²) in [7, 11) is 0. The number of amides is 3. The Morgan fingerprint density at radius 1 is 0.889 bits per heavy atom. The van der Waals surface area contributed by atoms with Gasteiger partial charge in [0.25, 0.3) is 0 Å². The Morgan fingerprint density at radius 2 is 1.58 bits per heavy atom. The maximum Gasteiger partial charge on any atom is 0.326 e. The van der Waals surface area contributed by atoms with Crippen LogP contribution in [0.3, 0.4) is 0 Å². The number of hydrogen-bond acceptors (Lipinski definition) is 6. The van der Waals surface area contributed by atoms with Gasteiger partial charge in [-0.05, 0) is 17.2 Å². The molecule has 0 aliphatic rings. The number of aromatic nitrogens is 1. The van der Waals surface area contributed by atoms with Crippen LogP contribution in [0, 0.1) is 0 Å². The van der Waals surface area contributed by atoms with E-state index >= 15 is 0 Å². The minimum atomic E-state index is -1.24. The van der Waals surface area contributed by atoms with Gasteiger partial charge in [0.1, 0.15) is 18.1 Å². The maximum atomic E-state index is 13.1. The van der Waals surface area contributed by atoms with Crippen LogP contribution in [0.4, 0.5) is 0 Å². The molecule has 8 N–H and O–H groups in total. The number of aliphatic carboxylic acids is 1. The third-order valence-electron chi connectivity index (χ3n) is 5.60. The Morgan fingerprint density at radius 3 is 2.28 bits per heavy atom. The quantitative estimate of drug-likeness (QED) is 0.175. The molecule has 0 fully saturated rings. The number of benzene rings is 2. The van der Waals surface area contributed by atoms with Crippen molar-refractivity contribution in [3.05, 3.63) is 71.9 Å². The van der Waals surface area contributed by atoms with Gasteiger partial charge >= 0.3 is 5.97 Å². The first-order valence-electron chi connectivity index (χ1n) is 11.3. The molecule has 0 aliphatic carbocycles. The molecular weight excluding hydrogens is 466 g/mol. The van der Waals surface area contributed by atoms with Crippen LogP contribution in [0.1, 0.15) is 11.1 Å². The van der Waals surface area contributed by atoms with Crippen LogP contribution in [-0.4, -0.2) is 70.2 Å². The summed E-state index contributed by atoms with van der Waals surface area (Å²) in [5.41, 5.74) is 7.73. The number of carbonyl (C=O) groups excluding carboxylic acids is 3. The topological polar surface area (TPSA) is 187 Å². The van der Waals surface area contributed by atoms with Gasteiger partial charge in [0.2, 0.25) is 17.7 Å². The molecule has 190 valence electrons. The van der Waals surface area contributed by atoms with E-state index in [2.05, 4.69) is 20.9 Å². The number of aromatic amines is 1. The van der Waals surface area contributed by atoms with Crippen molar-refractivity contribution in [2.45, 2.75) is 31.0 Å². The number of carbonyl (C=O) groups is 4. The first-order valence-corrected chi connectivity index (χ1v) is 11.3. The third kappa shape index (κ3) is 7.14. The van der Waals surface area contributed by atoms with E-state index < -0.39 is 55.0 Å². The number of para-hydroxylation sites is 1. The number of aliphatic hydroxyl groups is 1. The largest absolute Gasteiger partial charge is 0.480 e. The van der Waals surface area contributed by atoms with Crippen LogP contribution < -0.4 is 21.7 Å². The molecular formula is C25H29N5O6. The fourth-order valence-electron chi connectivity index (χ4n) is 3.68. The summed E-state index contributed by atoms with van der Waals surface area (Å²) < 4.78 is 0. The van der Waals surface area contributed by atoms with Crippen molar-refractivity contribution in [3.63, 3.8) is 0 Å².